The van der Waals surface area contributed by atoms with Crippen LogP contribution in [0.2, 0.25) is 0 Å². The van der Waals surface area contributed by atoms with Gasteiger partial charge in [0.2, 0.25) is 0 Å². The van der Waals surface area contributed by atoms with Crippen LogP contribution in [0.4, 0.5) is 4.39 Å². The molecule has 0 radical (unpaired) electrons. The lowest BCUT2D eigenvalue weighted by Crippen LogP contribution is -2.70. The van der Waals surface area contributed by atoms with Gasteiger partial charge in [-0.15, -0.1) is 6.58 Å². The molecule has 0 aromatic heterocycles. The third-order valence-corrected chi connectivity index (χ3v) is 9.22. The molecule has 0 aromatic rings. The molecule has 172 valence electrons. The number of aliphatic hydroxyl groups is 3. The summed E-state index contributed by atoms with van der Waals surface area (Å²) < 4.78 is 22.9. The summed E-state index contributed by atoms with van der Waals surface area (Å²) in [6, 6.07) is 0. The number of carbonyl (C=O) groups excluding carboxylic acids is 2. The summed E-state index contributed by atoms with van der Waals surface area (Å²) in [6.07, 6.45) is 2.39. The van der Waals surface area contributed by atoms with E-state index in [4.69, 9.17) is 4.74 Å². The average molecular weight is 437 g/mol. The molecule has 3 N–H and O–H groups in total. The number of Topliss-reactive ketones (excluding diaryl/α,β-unsaturated/α-hetero) is 1. The van der Waals surface area contributed by atoms with Crippen molar-refractivity contribution in [2.75, 3.05) is 13.2 Å². The summed E-state index contributed by atoms with van der Waals surface area (Å²) in [5.41, 5.74) is -5.37. The van der Waals surface area contributed by atoms with Crippen LogP contribution < -0.4 is 0 Å². The molecule has 0 heterocycles. The van der Waals surface area contributed by atoms with Gasteiger partial charge in [0.25, 0.3) is 0 Å². The first-order valence-electron chi connectivity index (χ1n) is 11.2. The maximum Gasteiger partial charge on any atom is 0.192 e. The average Bonchev–Trinajstić information content (AvgIpc) is 2.95. The van der Waals surface area contributed by atoms with Crippen molar-refractivity contribution >= 4 is 11.6 Å². The van der Waals surface area contributed by atoms with Gasteiger partial charge < -0.3 is 20.1 Å². The van der Waals surface area contributed by atoms with Crippen LogP contribution in [0.5, 0.6) is 0 Å². The Morgan fingerprint density at radius 2 is 2.06 bits per heavy atom. The Morgan fingerprint density at radius 1 is 1.35 bits per heavy atom. The predicted octanol–water partition coefficient (Wildman–Crippen LogP) is 2.05. The summed E-state index contributed by atoms with van der Waals surface area (Å²) in [7, 11) is 0. The Labute approximate surface area is 182 Å². The molecule has 0 saturated heterocycles. The van der Waals surface area contributed by atoms with Gasteiger partial charge in [0.15, 0.2) is 17.2 Å². The molecule has 8 atom stereocenters. The highest BCUT2D eigenvalue weighted by atomic mass is 19.1. The van der Waals surface area contributed by atoms with E-state index in [0.717, 1.165) is 5.57 Å². The van der Waals surface area contributed by atoms with Gasteiger partial charge in [-0.3, -0.25) is 9.59 Å². The lowest BCUT2D eigenvalue weighted by atomic mass is 9.44. The van der Waals surface area contributed by atoms with Gasteiger partial charge in [-0.25, -0.2) is 4.39 Å². The van der Waals surface area contributed by atoms with E-state index in [1.54, 1.807) is 19.9 Å². The molecule has 4 aliphatic carbocycles. The van der Waals surface area contributed by atoms with Crippen molar-refractivity contribution in [3.8, 4) is 0 Å². The summed E-state index contributed by atoms with van der Waals surface area (Å²) in [6.45, 7) is 6.38. The van der Waals surface area contributed by atoms with Crippen molar-refractivity contribution in [1.82, 2.24) is 0 Å². The van der Waals surface area contributed by atoms with Crippen LogP contribution in [0.1, 0.15) is 52.4 Å². The van der Waals surface area contributed by atoms with E-state index in [1.165, 1.54) is 6.08 Å². The SMILES string of the molecule is C=CCO[C@@H]1C[C@H]2[C@@H]3CCC4=CC(=O)CC[C@]4(C)C3(F)[C@@H](O)C[C@]2(C)[C@@]1(O)C(=O)CO. The van der Waals surface area contributed by atoms with Crippen molar-refractivity contribution in [2.45, 2.75) is 75.9 Å². The summed E-state index contributed by atoms with van der Waals surface area (Å²) in [5, 5.41) is 32.5. The van der Waals surface area contributed by atoms with Crippen molar-refractivity contribution < 1.29 is 34.0 Å². The largest absolute Gasteiger partial charge is 0.390 e. The maximum atomic E-state index is 17.1. The van der Waals surface area contributed by atoms with E-state index in [1.807, 2.05) is 0 Å². The van der Waals surface area contributed by atoms with Gasteiger partial charge in [0.05, 0.1) is 18.8 Å². The number of ether oxygens (including phenoxy) is 1. The quantitative estimate of drug-likeness (QED) is 0.570. The molecular weight excluding hydrogens is 403 g/mol. The second-order valence-corrected chi connectivity index (χ2v) is 10.3. The molecule has 0 bridgehead atoms. The van der Waals surface area contributed by atoms with Gasteiger partial charge in [0.1, 0.15) is 12.3 Å². The molecule has 3 fully saturated rings. The van der Waals surface area contributed by atoms with E-state index >= 15 is 4.39 Å². The molecule has 4 aliphatic rings. The highest BCUT2D eigenvalue weighted by molar-refractivity contribution is 5.92. The minimum absolute atomic E-state index is 0.00802. The topological polar surface area (TPSA) is 104 Å². The molecule has 0 aromatic carbocycles. The lowest BCUT2D eigenvalue weighted by molar-refractivity contribution is -0.231. The highest BCUT2D eigenvalue weighted by Gasteiger charge is 2.76. The number of hydrogen-bond donors (Lipinski definition) is 3. The second kappa shape index (κ2) is 7.30. The molecule has 1 unspecified atom stereocenters. The molecule has 31 heavy (non-hydrogen) atoms. The van der Waals surface area contributed by atoms with Gasteiger partial charge in [-0.2, -0.15) is 0 Å². The first-order chi connectivity index (χ1) is 14.5. The Balaban J connectivity index is 1.81. The first-order valence-corrected chi connectivity index (χ1v) is 11.2. The standard InChI is InChI=1S/C24H33FO6/c1-4-9-31-20-11-17-16-6-5-14-10-15(27)7-8-21(14,2)23(16,25)18(28)12-22(17,3)24(20,30)19(29)13-26/h4,10,16-18,20,26,28,30H,1,5-9,11-13H2,2-3H3/t16-,17-,18-,20+,21-,22-,23?,24+/m0/s1. The van der Waals surface area contributed by atoms with Gasteiger partial charge in [0, 0.05) is 23.2 Å². The number of carbonyl (C=O) groups is 2. The van der Waals surface area contributed by atoms with E-state index in [0.29, 0.717) is 19.3 Å². The van der Waals surface area contributed by atoms with Gasteiger partial charge in [-0.05, 0) is 44.1 Å². The predicted molar refractivity (Wildman–Crippen MR) is 111 cm³/mol. The van der Waals surface area contributed by atoms with E-state index in [-0.39, 0.29) is 31.7 Å². The zero-order valence-corrected chi connectivity index (χ0v) is 18.3. The van der Waals surface area contributed by atoms with Crippen LogP contribution in [0.3, 0.4) is 0 Å². The van der Waals surface area contributed by atoms with Crippen molar-refractivity contribution in [3.63, 3.8) is 0 Å². The third kappa shape index (κ3) is 2.70. The van der Waals surface area contributed by atoms with Crippen LogP contribution in [0.25, 0.3) is 0 Å². The smallest absolute Gasteiger partial charge is 0.192 e. The molecule has 0 amide bonds. The molecule has 0 spiro atoms. The number of fused-ring (bicyclic) bond motifs is 5. The lowest BCUT2D eigenvalue weighted by Gasteiger charge is -2.63. The minimum Gasteiger partial charge on any atom is -0.390 e. The zero-order chi connectivity index (χ0) is 22.8. The van der Waals surface area contributed by atoms with Crippen molar-refractivity contribution in [3.05, 3.63) is 24.3 Å². The van der Waals surface area contributed by atoms with Crippen molar-refractivity contribution in [2.24, 2.45) is 22.7 Å². The van der Waals surface area contributed by atoms with Crippen LogP contribution in [-0.4, -0.2) is 63.6 Å². The molecule has 0 aliphatic heterocycles. The molecule has 6 nitrogen and oxygen atoms in total. The molecular formula is C24H33FO6. The van der Waals surface area contributed by atoms with Crippen LogP contribution in [-0.2, 0) is 14.3 Å². The number of ketones is 2. The number of alkyl halides is 1. The summed E-state index contributed by atoms with van der Waals surface area (Å²) in [5.74, 6) is -1.80. The van der Waals surface area contributed by atoms with E-state index in [9.17, 15) is 24.9 Å². The Bertz CT molecular complexity index is 840. The van der Waals surface area contributed by atoms with Crippen LogP contribution in [0.15, 0.2) is 24.3 Å². The maximum absolute atomic E-state index is 17.1. The Hall–Kier alpha value is -1.41. The van der Waals surface area contributed by atoms with E-state index < -0.39 is 58.5 Å². The second-order valence-electron chi connectivity index (χ2n) is 10.3. The zero-order valence-electron chi connectivity index (χ0n) is 18.3. The fraction of sp³-hybridized carbons (Fsp3) is 0.750. The molecule has 7 heteroatoms. The number of halogens is 1. The Kier molecular flexibility index (Phi) is 5.36. The number of aliphatic hydroxyl groups excluding tert-OH is 2. The summed E-state index contributed by atoms with van der Waals surface area (Å²) in [4.78, 5) is 24.8. The number of allylic oxidation sites excluding steroid dienone is 1. The fourth-order valence-corrected chi connectivity index (χ4v) is 7.55. The van der Waals surface area contributed by atoms with E-state index in [2.05, 4.69) is 6.58 Å². The van der Waals surface area contributed by atoms with Crippen LogP contribution in [0, 0.1) is 22.7 Å². The summed E-state index contributed by atoms with van der Waals surface area (Å²) >= 11 is 0. The first kappa shape index (κ1) is 22.8. The molecule has 3 saturated carbocycles. The monoisotopic (exact) mass is 436 g/mol. The highest BCUT2D eigenvalue weighted by Crippen LogP contribution is 2.70. The third-order valence-electron chi connectivity index (χ3n) is 9.22. The molecule has 4 rings (SSSR count). The number of hydrogen-bond acceptors (Lipinski definition) is 6. The fourth-order valence-electron chi connectivity index (χ4n) is 7.55. The normalized spacial score (nSPS) is 49.0. The van der Waals surface area contributed by atoms with Crippen molar-refractivity contribution in [1.29, 1.82) is 0 Å². The Morgan fingerprint density at radius 3 is 2.71 bits per heavy atom. The minimum atomic E-state index is -2.03. The number of rotatable bonds is 5. The van der Waals surface area contributed by atoms with Gasteiger partial charge in [-0.1, -0.05) is 25.5 Å². The van der Waals surface area contributed by atoms with Gasteiger partial charge >= 0.3 is 0 Å². The van der Waals surface area contributed by atoms with Crippen LogP contribution >= 0.6 is 0 Å².